The van der Waals surface area contributed by atoms with Crippen LogP contribution in [0.2, 0.25) is 0 Å². The number of nitriles is 1. The number of carbonyl (C=O) groups excluding carboxylic acids is 1. The van der Waals surface area contributed by atoms with Gasteiger partial charge >= 0.3 is 0 Å². The fourth-order valence-corrected chi connectivity index (χ4v) is 0.742. The maximum Gasteiger partial charge on any atom is 0.234 e. The molecule has 0 aliphatic rings. The van der Waals surface area contributed by atoms with Gasteiger partial charge in [-0.15, -0.1) is 0 Å². The summed E-state index contributed by atoms with van der Waals surface area (Å²) in [6, 6.07) is 1.97. The summed E-state index contributed by atoms with van der Waals surface area (Å²) in [5.74, 6) is -0.0189. The van der Waals surface area contributed by atoms with Crippen LogP contribution in [0.15, 0.2) is 0 Å². The maximum atomic E-state index is 11.0. The number of nitrogens with one attached hydrogen (secondary N) is 1. The van der Waals surface area contributed by atoms with Crippen LogP contribution in [-0.4, -0.2) is 37.5 Å². The van der Waals surface area contributed by atoms with Crippen molar-refractivity contribution in [1.82, 2.24) is 10.2 Å². The molecule has 0 spiro atoms. The summed E-state index contributed by atoms with van der Waals surface area (Å²) in [5.41, 5.74) is 0. The van der Waals surface area contributed by atoms with Crippen LogP contribution in [0.25, 0.3) is 0 Å². The van der Waals surface area contributed by atoms with Gasteiger partial charge in [0, 0.05) is 6.54 Å². The van der Waals surface area contributed by atoms with Gasteiger partial charge in [0.25, 0.3) is 0 Å². The number of carbonyl (C=O) groups is 1. The van der Waals surface area contributed by atoms with Gasteiger partial charge < -0.3 is 5.32 Å². The largest absolute Gasteiger partial charge is 0.355 e. The minimum absolute atomic E-state index is 0.0189. The molecule has 4 nitrogen and oxygen atoms in total. The number of likely N-dealkylation sites (N-methyl/N-ethyl adjacent to an activating group) is 1. The Kier molecular flexibility index (Phi) is 6.02. The summed E-state index contributed by atoms with van der Waals surface area (Å²) in [6.07, 6.45) is 0.938. The molecule has 0 aromatic carbocycles. The van der Waals surface area contributed by atoms with Gasteiger partial charge in [0.1, 0.15) is 0 Å². The smallest absolute Gasteiger partial charge is 0.234 e. The van der Waals surface area contributed by atoms with E-state index in [4.69, 9.17) is 5.26 Å². The predicted molar refractivity (Wildman–Crippen MR) is 46.4 cm³/mol. The lowest BCUT2D eigenvalue weighted by Crippen LogP contribution is -2.35. The lowest BCUT2D eigenvalue weighted by molar-refractivity contribution is -0.121. The molecule has 1 N–H and O–H groups in total. The summed E-state index contributed by atoms with van der Waals surface area (Å²) in [5, 5.41) is 11.0. The number of hydrogen-bond acceptors (Lipinski definition) is 3. The zero-order valence-electron chi connectivity index (χ0n) is 7.63. The Labute approximate surface area is 73.2 Å². The highest BCUT2D eigenvalue weighted by Gasteiger charge is 2.03. The lowest BCUT2D eigenvalue weighted by Gasteiger charge is -2.11. The molecule has 1 amide bonds. The molecule has 0 heterocycles. The Balaban J connectivity index is 3.48. The van der Waals surface area contributed by atoms with Crippen LogP contribution < -0.4 is 5.32 Å². The monoisotopic (exact) mass is 169 g/mol. The number of rotatable bonds is 5. The van der Waals surface area contributed by atoms with Gasteiger partial charge in [0.15, 0.2) is 0 Å². The van der Waals surface area contributed by atoms with Crippen LogP contribution in [0.3, 0.4) is 0 Å². The molecule has 0 fully saturated rings. The fourth-order valence-electron chi connectivity index (χ4n) is 0.742. The fraction of sp³-hybridized carbons (Fsp3) is 0.750. The Bertz CT molecular complexity index is 174. The minimum atomic E-state index is -0.0189. The van der Waals surface area contributed by atoms with E-state index in [1.54, 1.807) is 11.9 Å². The molecule has 0 aromatic heterocycles. The van der Waals surface area contributed by atoms with Gasteiger partial charge in [-0.1, -0.05) is 6.92 Å². The van der Waals surface area contributed by atoms with E-state index in [1.807, 2.05) is 13.0 Å². The second kappa shape index (κ2) is 6.62. The molecule has 0 radical (unpaired) electrons. The topological polar surface area (TPSA) is 56.1 Å². The van der Waals surface area contributed by atoms with Crippen molar-refractivity contribution in [1.29, 1.82) is 5.26 Å². The van der Waals surface area contributed by atoms with Crippen molar-refractivity contribution in [2.45, 2.75) is 13.3 Å². The summed E-state index contributed by atoms with van der Waals surface area (Å²) in [4.78, 5) is 12.7. The quantitative estimate of drug-likeness (QED) is 0.588. The average molecular weight is 169 g/mol. The third-order valence-electron chi connectivity index (χ3n) is 1.33. The highest BCUT2D eigenvalue weighted by molar-refractivity contribution is 5.77. The zero-order chi connectivity index (χ0) is 9.40. The molecular formula is C8H15N3O. The molecule has 0 atom stereocenters. The summed E-state index contributed by atoms with van der Waals surface area (Å²) < 4.78 is 0. The number of nitrogens with zero attached hydrogens (tertiary/aromatic N) is 2. The van der Waals surface area contributed by atoms with Crippen LogP contribution in [-0.2, 0) is 4.79 Å². The van der Waals surface area contributed by atoms with Crippen molar-refractivity contribution in [2.75, 3.05) is 26.7 Å². The van der Waals surface area contributed by atoms with E-state index in [1.165, 1.54) is 0 Å². The molecule has 0 aromatic rings. The van der Waals surface area contributed by atoms with Gasteiger partial charge in [-0.25, -0.2) is 0 Å². The summed E-state index contributed by atoms with van der Waals surface area (Å²) in [7, 11) is 1.74. The third-order valence-corrected chi connectivity index (χ3v) is 1.33. The van der Waals surface area contributed by atoms with Crippen molar-refractivity contribution < 1.29 is 4.79 Å². The Morgan fingerprint density at radius 1 is 1.67 bits per heavy atom. The summed E-state index contributed by atoms with van der Waals surface area (Å²) >= 11 is 0. The van der Waals surface area contributed by atoms with Crippen molar-refractivity contribution in [3.8, 4) is 6.07 Å². The SMILES string of the molecule is CCCNC(=O)CN(C)CC#N. The van der Waals surface area contributed by atoms with E-state index in [0.717, 1.165) is 6.42 Å². The van der Waals surface area contributed by atoms with Crippen molar-refractivity contribution >= 4 is 5.91 Å². The van der Waals surface area contributed by atoms with Gasteiger partial charge in [0.2, 0.25) is 5.91 Å². The van der Waals surface area contributed by atoms with Gasteiger partial charge in [-0.2, -0.15) is 5.26 Å². The second-order valence-corrected chi connectivity index (χ2v) is 2.68. The second-order valence-electron chi connectivity index (χ2n) is 2.68. The Hall–Kier alpha value is -1.08. The molecule has 0 saturated carbocycles. The highest BCUT2D eigenvalue weighted by Crippen LogP contribution is 1.80. The summed E-state index contributed by atoms with van der Waals surface area (Å²) in [6.45, 7) is 3.30. The normalized spacial score (nSPS) is 9.50. The maximum absolute atomic E-state index is 11.0. The molecule has 68 valence electrons. The van der Waals surface area contributed by atoms with Crippen molar-refractivity contribution in [2.24, 2.45) is 0 Å². The Morgan fingerprint density at radius 2 is 2.33 bits per heavy atom. The van der Waals surface area contributed by atoms with E-state index in [-0.39, 0.29) is 5.91 Å². The molecule has 0 aliphatic heterocycles. The van der Waals surface area contributed by atoms with Crippen LogP contribution in [0.5, 0.6) is 0 Å². The number of amides is 1. The van der Waals surface area contributed by atoms with Crippen LogP contribution >= 0.6 is 0 Å². The first-order valence-electron chi connectivity index (χ1n) is 4.03. The molecule has 12 heavy (non-hydrogen) atoms. The molecule has 0 rings (SSSR count). The van der Waals surface area contributed by atoms with Gasteiger partial charge in [0.05, 0.1) is 19.2 Å². The van der Waals surface area contributed by atoms with E-state index >= 15 is 0 Å². The van der Waals surface area contributed by atoms with E-state index < -0.39 is 0 Å². The van der Waals surface area contributed by atoms with Crippen LogP contribution in [0.1, 0.15) is 13.3 Å². The van der Waals surface area contributed by atoms with Crippen LogP contribution in [0, 0.1) is 11.3 Å². The number of hydrogen-bond donors (Lipinski definition) is 1. The highest BCUT2D eigenvalue weighted by atomic mass is 16.1. The Morgan fingerprint density at radius 3 is 2.83 bits per heavy atom. The third kappa shape index (κ3) is 5.69. The molecule has 0 aliphatic carbocycles. The minimum Gasteiger partial charge on any atom is -0.355 e. The average Bonchev–Trinajstić information content (AvgIpc) is 2.01. The van der Waals surface area contributed by atoms with Crippen molar-refractivity contribution in [3.05, 3.63) is 0 Å². The van der Waals surface area contributed by atoms with Gasteiger partial charge in [-0.05, 0) is 13.5 Å². The van der Waals surface area contributed by atoms with Crippen LogP contribution in [0.4, 0.5) is 0 Å². The van der Waals surface area contributed by atoms with Crippen molar-refractivity contribution in [3.63, 3.8) is 0 Å². The lowest BCUT2D eigenvalue weighted by atomic mass is 10.4. The zero-order valence-corrected chi connectivity index (χ0v) is 7.63. The molecule has 4 heteroatoms. The first-order valence-corrected chi connectivity index (χ1v) is 4.03. The predicted octanol–water partition coefficient (Wildman–Crippen LogP) is -0.0320. The molecule has 0 unspecified atom stereocenters. The van der Waals surface area contributed by atoms with E-state index in [2.05, 4.69) is 5.32 Å². The van der Waals surface area contributed by atoms with E-state index in [9.17, 15) is 4.79 Å². The molecule has 0 bridgehead atoms. The van der Waals surface area contributed by atoms with E-state index in [0.29, 0.717) is 19.6 Å². The standard InChI is InChI=1S/C8H15N3O/c1-3-5-10-8(12)7-11(2)6-4-9/h3,5-7H2,1-2H3,(H,10,12). The van der Waals surface area contributed by atoms with Gasteiger partial charge in [-0.3, -0.25) is 9.69 Å². The first-order chi connectivity index (χ1) is 5.70. The molecule has 0 saturated heterocycles. The first kappa shape index (κ1) is 10.9. The molecular weight excluding hydrogens is 154 g/mol.